The molecule has 0 aliphatic heterocycles. The molecule has 4 N–H and O–H groups in total. The summed E-state index contributed by atoms with van der Waals surface area (Å²) in [5, 5.41) is 33.1. The zero-order valence-corrected chi connectivity index (χ0v) is 24.5. The standard InChI is InChI=1S/C28H41IN2O7/c1-3-7-25(34)31(16-18-8-5-4-6-9-18)22-14-20(28(36)30-10-11-32)15-23(26(22)35)38-27-21(29)12-19(17-33)13-24(27)37-2/h12-13,15,18,22-23,26,32-33,35H,3-11,14,16-17H2,1-2H3,(H,30,36). The van der Waals surface area contributed by atoms with Crippen LogP contribution in [-0.2, 0) is 16.2 Å². The van der Waals surface area contributed by atoms with Crippen LogP contribution in [0.5, 0.6) is 11.5 Å². The Labute approximate surface area is 238 Å². The molecule has 1 aromatic rings. The van der Waals surface area contributed by atoms with Crippen molar-refractivity contribution < 1.29 is 34.4 Å². The monoisotopic (exact) mass is 644 g/mol. The second kappa shape index (κ2) is 15.0. The molecule has 38 heavy (non-hydrogen) atoms. The van der Waals surface area contributed by atoms with Crippen molar-refractivity contribution in [1.82, 2.24) is 10.2 Å². The first-order chi connectivity index (χ1) is 18.3. The normalized spacial score (nSPS) is 21.9. The number of carbonyl (C=O) groups is 2. The molecule has 3 unspecified atom stereocenters. The Balaban J connectivity index is 1.97. The lowest BCUT2D eigenvalue weighted by atomic mass is 9.85. The second-order valence-electron chi connectivity index (χ2n) is 10.1. The van der Waals surface area contributed by atoms with Gasteiger partial charge in [-0.3, -0.25) is 9.59 Å². The molecule has 2 aliphatic rings. The summed E-state index contributed by atoms with van der Waals surface area (Å²) in [5.41, 5.74) is 1.06. The van der Waals surface area contributed by atoms with E-state index in [1.54, 1.807) is 23.1 Å². The topological polar surface area (TPSA) is 129 Å². The lowest BCUT2D eigenvalue weighted by molar-refractivity contribution is -0.139. The number of aliphatic hydroxyl groups excluding tert-OH is 3. The van der Waals surface area contributed by atoms with E-state index in [0.29, 0.717) is 51.5 Å². The molecule has 1 saturated carbocycles. The molecule has 0 heterocycles. The average Bonchev–Trinajstić information content (AvgIpc) is 2.93. The number of hydrogen-bond acceptors (Lipinski definition) is 7. The SMILES string of the molecule is CCCC(=O)N(CC1CCCCC1)C1CC(C(=O)NCCO)=CC(Oc2c(I)cc(CO)cc2OC)C1O. The zero-order chi connectivity index (χ0) is 27.7. The quantitative estimate of drug-likeness (QED) is 0.258. The molecule has 0 aromatic heterocycles. The van der Waals surface area contributed by atoms with Crippen molar-refractivity contribution in [2.45, 2.75) is 83.1 Å². The Morgan fingerprint density at radius 1 is 1.18 bits per heavy atom. The van der Waals surface area contributed by atoms with Gasteiger partial charge in [-0.1, -0.05) is 26.2 Å². The number of ether oxygens (including phenoxy) is 2. The van der Waals surface area contributed by atoms with Crippen LogP contribution < -0.4 is 14.8 Å². The van der Waals surface area contributed by atoms with Gasteiger partial charge >= 0.3 is 0 Å². The van der Waals surface area contributed by atoms with Crippen molar-refractivity contribution >= 4 is 34.4 Å². The van der Waals surface area contributed by atoms with Crippen LogP contribution in [0.15, 0.2) is 23.8 Å². The van der Waals surface area contributed by atoms with Crippen molar-refractivity contribution in [3.05, 3.63) is 32.9 Å². The predicted octanol–water partition coefficient (Wildman–Crippen LogP) is 2.92. The van der Waals surface area contributed by atoms with Gasteiger partial charge in [0.2, 0.25) is 11.8 Å². The minimum absolute atomic E-state index is 0.0302. The highest BCUT2D eigenvalue weighted by atomic mass is 127. The van der Waals surface area contributed by atoms with E-state index in [1.807, 2.05) is 6.92 Å². The number of aliphatic hydroxyl groups is 3. The lowest BCUT2D eigenvalue weighted by Gasteiger charge is -2.42. The maximum Gasteiger partial charge on any atom is 0.247 e. The van der Waals surface area contributed by atoms with Gasteiger partial charge < -0.3 is 35.0 Å². The average molecular weight is 645 g/mol. The molecule has 0 saturated heterocycles. The number of amides is 2. The number of halogens is 1. The molecule has 1 aromatic carbocycles. The molecule has 0 spiro atoms. The maximum atomic E-state index is 13.4. The molecule has 1 fully saturated rings. The molecule has 2 amide bonds. The summed E-state index contributed by atoms with van der Waals surface area (Å²) in [6, 6.07) is 2.80. The van der Waals surface area contributed by atoms with Crippen LogP contribution in [0, 0.1) is 9.49 Å². The van der Waals surface area contributed by atoms with E-state index in [-0.39, 0.29) is 38.0 Å². The minimum Gasteiger partial charge on any atom is -0.493 e. The van der Waals surface area contributed by atoms with Crippen LogP contribution in [0.25, 0.3) is 0 Å². The Morgan fingerprint density at radius 3 is 2.55 bits per heavy atom. The van der Waals surface area contributed by atoms with Gasteiger partial charge in [-0.25, -0.2) is 0 Å². The third-order valence-electron chi connectivity index (χ3n) is 7.30. The number of benzene rings is 1. The lowest BCUT2D eigenvalue weighted by Crippen LogP contribution is -2.56. The Hall–Kier alpha value is -1.89. The Morgan fingerprint density at radius 2 is 1.92 bits per heavy atom. The van der Waals surface area contributed by atoms with E-state index >= 15 is 0 Å². The Bertz CT molecular complexity index is 980. The highest BCUT2D eigenvalue weighted by molar-refractivity contribution is 14.1. The predicted molar refractivity (Wildman–Crippen MR) is 152 cm³/mol. The van der Waals surface area contributed by atoms with Gasteiger partial charge in [0.25, 0.3) is 0 Å². The van der Waals surface area contributed by atoms with Crippen molar-refractivity contribution in [1.29, 1.82) is 0 Å². The molecule has 3 rings (SSSR count). The summed E-state index contributed by atoms with van der Waals surface area (Å²) in [4.78, 5) is 28.2. The van der Waals surface area contributed by atoms with Gasteiger partial charge in [-0.15, -0.1) is 0 Å². The van der Waals surface area contributed by atoms with Crippen molar-refractivity contribution in [3.63, 3.8) is 0 Å². The number of carbonyl (C=O) groups excluding carboxylic acids is 2. The molecule has 0 bridgehead atoms. The van der Waals surface area contributed by atoms with Crippen molar-refractivity contribution in [3.8, 4) is 11.5 Å². The molecular formula is C28H41IN2O7. The van der Waals surface area contributed by atoms with Crippen LogP contribution in [0.2, 0.25) is 0 Å². The molecule has 10 heteroatoms. The molecular weight excluding hydrogens is 603 g/mol. The number of nitrogens with one attached hydrogen (secondary N) is 1. The third-order valence-corrected chi connectivity index (χ3v) is 8.11. The van der Waals surface area contributed by atoms with Gasteiger partial charge in [0.1, 0.15) is 12.2 Å². The van der Waals surface area contributed by atoms with Gasteiger partial charge in [0.15, 0.2) is 11.5 Å². The summed E-state index contributed by atoms with van der Waals surface area (Å²) in [5.74, 6) is 0.761. The molecule has 3 atom stereocenters. The zero-order valence-electron chi connectivity index (χ0n) is 22.3. The maximum absolute atomic E-state index is 13.4. The van der Waals surface area contributed by atoms with E-state index in [0.717, 1.165) is 25.7 Å². The van der Waals surface area contributed by atoms with Gasteiger partial charge in [0.05, 0.1) is 29.9 Å². The first kappa shape index (κ1) is 30.6. The van der Waals surface area contributed by atoms with Gasteiger partial charge in [-0.2, -0.15) is 0 Å². The van der Waals surface area contributed by atoms with Crippen molar-refractivity contribution in [2.24, 2.45) is 5.92 Å². The summed E-state index contributed by atoms with van der Waals surface area (Å²) < 4.78 is 12.5. The van der Waals surface area contributed by atoms with Crippen LogP contribution in [0.3, 0.4) is 0 Å². The number of nitrogens with zero attached hydrogens (tertiary/aromatic N) is 1. The fourth-order valence-electron chi connectivity index (χ4n) is 5.32. The Kier molecular flexibility index (Phi) is 12.1. The second-order valence-corrected chi connectivity index (χ2v) is 11.2. The fourth-order valence-corrected chi connectivity index (χ4v) is 6.11. The number of rotatable bonds is 12. The highest BCUT2D eigenvalue weighted by Crippen LogP contribution is 2.37. The molecule has 212 valence electrons. The van der Waals surface area contributed by atoms with E-state index in [9.17, 15) is 24.9 Å². The van der Waals surface area contributed by atoms with E-state index in [2.05, 4.69) is 27.9 Å². The summed E-state index contributed by atoms with van der Waals surface area (Å²) in [6.45, 7) is 2.25. The first-order valence-corrected chi connectivity index (χ1v) is 14.6. The molecule has 9 nitrogen and oxygen atoms in total. The van der Waals surface area contributed by atoms with E-state index in [4.69, 9.17) is 9.47 Å². The van der Waals surface area contributed by atoms with Gasteiger partial charge in [-0.05, 0) is 71.5 Å². The van der Waals surface area contributed by atoms with Gasteiger partial charge in [0, 0.05) is 31.5 Å². The first-order valence-electron chi connectivity index (χ1n) is 13.5. The van der Waals surface area contributed by atoms with Crippen molar-refractivity contribution in [2.75, 3.05) is 26.8 Å². The summed E-state index contributed by atoms with van der Waals surface area (Å²) in [6.07, 6.45) is 6.42. The molecule has 2 aliphatic carbocycles. The van der Waals surface area contributed by atoms with Crippen LogP contribution in [0.4, 0.5) is 0 Å². The van der Waals surface area contributed by atoms with Crippen LogP contribution in [-0.4, -0.2) is 77.1 Å². The largest absolute Gasteiger partial charge is 0.493 e. The third kappa shape index (κ3) is 7.83. The van der Waals surface area contributed by atoms with E-state index in [1.165, 1.54) is 13.5 Å². The fraction of sp³-hybridized carbons (Fsp3) is 0.643. The number of methoxy groups -OCH3 is 1. The van der Waals surface area contributed by atoms with Crippen LogP contribution >= 0.6 is 22.6 Å². The number of hydrogen-bond donors (Lipinski definition) is 4. The summed E-state index contributed by atoms with van der Waals surface area (Å²) in [7, 11) is 1.50. The highest BCUT2D eigenvalue weighted by Gasteiger charge is 2.41. The van der Waals surface area contributed by atoms with E-state index < -0.39 is 18.2 Å². The molecule has 0 radical (unpaired) electrons. The van der Waals surface area contributed by atoms with Crippen LogP contribution in [0.1, 0.15) is 63.9 Å². The smallest absolute Gasteiger partial charge is 0.247 e. The minimum atomic E-state index is -1.08. The summed E-state index contributed by atoms with van der Waals surface area (Å²) >= 11 is 2.09.